The Labute approximate surface area is 124 Å². The molecule has 1 aromatic carbocycles. The van der Waals surface area contributed by atoms with Crippen LogP contribution in [0, 0.1) is 6.92 Å². The largest absolute Gasteiger partial charge is 0.497 e. The Bertz CT molecular complexity index is 653. The maximum Gasteiger partial charge on any atom is 0.258 e. The zero-order valence-corrected chi connectivity index (χ0v) is 12.8. The third-order valence-electron chi connectivity index (χ3n) is 2.91. The number of amides is 1. The van der Waals surface area contributed by atoms with E-state index in [2.05, 4.69) is 10.3 Å². The molecule has 0 bridgehead atoms. The number of aryl methyl sites for hydroxylation is 1. The van der Waals surface area contributed by atoms with E-state index in [1.165, 1.54) is 0 Å². The highest BCUT2D eigenvalue weighted by molar-refractivity contribution is 5.87. The highest BCUT2D eigenvalue weighted by Gasteiger charge is 2.09. The molecule has 2 aromatic rings. The predicted molar refractivity (Wildman–Crippen MR) is 81.8 cm³/mol. The first-order valence-electron chi connectivity index (χ1n) is 6.87. The van der Waals surface area contributed by atoms with Gasteiger partial charge in [-0.05, 0) is 39.0 Å². The number of aromatic nitrogens is 1. The first-order valence-corrected chi connectivity index (χ1v) is 6.87. The molecule has 0 saturated heterocycles. The van der Waals surface area contributed by atoms with Crippen molar-refractivity contribution in [2.45, 2.75) is 26.8 Å². The second kappa shape index (κ2) is 6.43. The van der Waals surface area contributed by atoms with Gasteiger partial charge in [-0.2, -0.15) is 0 Å². The molecular weight excluding hydrogens is 268 g/mol. The van der Waals surface area contributed by atoms with Crippen molar-refractivity contribution in [3.63, 3.8) is 0 Å². The van der Waals surface area contributed by atoms with E-state index in [9.17, 15) is 4.79 Å². The number of rotatable bonds is 5. The average Bonchev–Trinajstić information content (AvgIpc) is 2.43. The summed E-state index contributed by atoms with van der Waals surface area (Å²) in [5.74, 6) is 1.22. The molecule has 0 unspecified atom stereocenters. The van der Waals surface area contributed by atoms with Gasteiger partial charge in [0.25, 0.3) is 5.91 Å². The van der Waals surface area contributed by atoms with Crippen LogP contribution in [0.1, 0.15) is 19.5 Å². The molecule has 1 aromatic heterocycles. The van der Waals surface area contributed by atoms with Crippen molar-refractivity contribution in [1.29, 1.82) is 0 Å². The molecule has 21 heavy (non-hydrogen) atoms. The molecule has 1 amide bonds. The number of pyridine rings is 1. The molecule has 0 aliphatic carbocycles. The Hall–Kier alpha value is -2.30. The lowest BCUT2D eigenvalue weighted by Gasteiger charge is -2.12. The number of hydrogen-bond donors (Lipinski definition) is 1. The van der Waals surface area contributed by atoms with Gasteiger partial charge in [0.2, 0.25) is 0 Å². The van der Waals surface area contributed by atoms with E-state index in [0.717, 1.165) is 22.3 Å². The highest BCUT2D eigenvalue weighted by atomic mass is 16.5. The number of ether oxygens (including phenoxy) is 2. The van der Waals surface area contributed by atoms with Crippen LogP contribution in [0.25, 0.3) is 10.9 Å². The van der Waals surface area contributed by atoms with Crippen molar-refractivity contribution >= 4 is 16.8 Å². The predicted octanol–water partition coefficient (Wildman–Crippen LogP) is 2.46. The second-order valence-electron chi connectivity index (χ2n) is 5.16. The Morgan fingerprint density at radius 1 is 1.33 bits per heavy atom. The minimum absolute atomic E-state index is 0.0199. The molecule has 0 atom stereocenters. The number of fused-ring (bicyclic) bond motifs is 1. The number of nitrogens with one attached hydrogen (secondary N) is 1. The molecule has 112 valence electrons. The molecule has 0 aliphatic heterocycles. The summed E-state index contributed by atoms with van der Waals surface area (Å²) in [5, 5.41) is 3.62. The molecule has 0 saturated carbocycles. The normalized spacial score (nSPS) is 10.7. The zero-order valence-electron chi connectivity index (χ0n) is 12.8. The maximum atomic E-state index is 11.7. The lowest BCUT2D eigenvalue weighted by atomic mass is 10.1. The van der Waals surface area contributed by atoms with Gasteiger partial charge in [-0.25, -0.2) is 0 Å². The molecule has 1 heterocycles. The lowest BCUT2D eigenvalue weighted by Crippen LogP contribution is -2.34. The maximum absolute atomic E-state index is 11.7. The SMILES string of the molecule is COc1ccc2nc(C)cc(OCC(=O)NC(C)C)c2c1. The highest BCUT2D eigenvalue weighted by Crippen LogP contribution is 2.28. The van der Waals surface area contributed by atoms with E-state index < -0.39 is 0 Å². The monoisotopic (exact) mass is 288 g/mol. The third-order valence-corrected chi connectivity index (χ3v) is 2.91. The standard InChI is InChI=1S/C16H20N2O3/c1-10(2)17-16(19)9-21-15-7-11(3)18-14-6-5-12(20-4)8-13(14)15/h5-8,10H,9H2,1-4H3,(H,17,19). The Kier molecular flexibility index (Phi) is 4.62. The first kappa shape index (κ1) is 15.1. The first-order chi connectivity index (χ1) is 9.99. The van der Waals surface area contributed by atoms with Gasteiger partial charge in [0, 0.05) is 23.2 Å². The van der Waals surface area contributed by atoms with Gasteiger partial charge in [0.1, 0.15) is 11.5 Å². The molecule has 5 nitrogen and oxygen atoms in total. The fraction of sp³-hybridized carbons (Fsp3) is 0.375. The van der Waals surface area contributed by atoms with E-state index in [1.807, 2.05) is 45.0 Å². The van der Waals surface area contributed by atoms with Crippen LogP contribution < -0.4 is 14.8 Å². The van der Waals surface area contributed by atoms with E-state index in [4.69, 9.17) is 9.47 Å². The van der Waals surface area contributed by atoms with Crippen molar-refractivity contribution in [1.82, 2.24) is 10.3 Å². The zero-order chi connectivity index (χ0) is 15.4. The Balaban J connectivity index is 2.27. The molecular formula is C16H20N2O3. The summed E-state index contributed by atoms with van der Waals surface area (Å²) in [6, 6.07) is 7.51. The number of nitrogens with zero attached hydrogens (tertiary/aromatic N) is 1. The summed E-state index contributed by atoms with van der Waals surface area (Å²) in [7, 11) is 1.61. The fourth-order valence-corrected chi connectivity index (χ4v) is 2.05. The smallest absolute Gasteiger partial charge is 0.258 e. The molecule has 0 aliphatic rings. The summed E-state index contributed by atoms with van der Waals surface area (Å²) < 4.78 is 10.9. The topological polar surface area (TPSA) is 60.5 Å². The van der Waals surface area contributed by atoms with E-state index in [1.54, 1.807) is 7.11 Å². The second-order valence-corrected chi connectivity index (χ2v) is 5.16. The number of carbonyl (C=O) groups is 1. The van der Waals surface area contributed by atoms with E-state index in [0.29, 0.717) is 5.75 Å². The van der Waals surface area contributed by atoms with Crippen LogP contribution in [0.4, 0.5) is 0 Å². The van der Waals surface area contributed by atoms with Gasteiger partial charge < -0.3 is 14.8 Å². The van der Waals surface area contributed by atoms with Crippen LogP contribution in [0.2, 0.25) is 0 Å². The van der Waals surface area contributed by atoms with Crippen LogP contribution in [0.3, 0.4) is 0 Å². The van der Waals surface area contributed by atoms with Crippen molar-refractivity contribution in [2.75, 3.05) is 13.7 Å². The molecule has 0 radical (unpaired) electrons. The quantitative estimate of drug-likeness (QED) is 0.918. The minimum Gasteiger partial charge on any atom is -0.497 e. The van der Waals surface area contributed by atoms with Gasteiger partial charge in [-0.3, -0.25) is 9.78 Å². The number of carbonyl (C=O) groups excluding carboxylic acids is 1. The molecule has 1 N–H and O–H groups in total. The summed E-state index contributed by atoms with van der Waals surface area (Å²) in [6.07, 6.45) is 0. The van der Waals surface area contributed by atoms with Crippen LogP contribution in [-0.4, -0.2) is 30.6 Å². The summed E-state index contributed by atoms with van der Waals surface area (Å²) in [4.78, 5) is 16.1. The lowest BCUT2D eigenvalue weighted by molar-refractivity contribution is -0.123. The van der Waals surface area contributed by atoms with Crippen LogP contribution in [-0.2, 0) is 4.79 Å². The van der Waals surface area contributed by atoms with Gasteiger partial charge in [-0.1, -0.05) is 0 Å². The van der Waals surface area contributed by atoms with Gasteiger partial charge in [0.05, 0.1) is 12.6 Å². The molecule has 0 spiro atoms. The minimum atomic E-state index is -0.143. The van der Waals surface area contributed by atoms with Crippen molar-refractivity contribution in [2.24, 2.45) is 0 Å². The number of methoxy groups -OCH3 is 1. The average molecular weight is 288 g/mol. The Morgan fingerprint density at radius 3 is 2.76 bits per heavy atom. The summed E-state index contributed by atoms with van der Waals surface area (Å²) in [6.45, 7) is 5.70. The Morgan fingerprint density at radius 2 is 2.10 bits per heavy atom. The fourth-order valence-electron chi connectivity index (χ4n) is 2.05. The van der Waals surface area contributed by atoms with Crippen LogP contribution >= 0.6 is 0 Å². The van der Waals surface area contributed by atoms with E-state index >= 15 is 0 Å². The van der Waals surface area contributed by atoms with Crippen LogP contribution in [0.5, 0.6) is 11.5 Å². The number of hydrogen-bond acceptors (Lipinski definition) is 4. The molecule has 2 rings (SSSR count). The number of benzene rings is 1. The van der Waals surface area contributed by atoms with Gasteiger partial charge in [0.15, 0.2) is 6.61 Å². The van der Waals surface area contributed by atoms with E-state index in [-0.39, 0.29) is 18.6 Å². The molecule has 5 heteroatoms. The summed E-state index contributed by atoms with van der Waals surface area (Å²) >= 11 is 0. The van der Waals surface area contributed by atoms with Crippen molar-refractivity contribution < 1.29 is 14.3 Å². The summed E-state index contributed by atoms with van der Waals surface area (Å²) in [5.41, 5.74) is 1.65. The van der Waals surface area contributed by atoms with Crippen molar-refractivity contribution in [3.05, 3.63) is 30.0 Å². The molecule has 0 fully saturated rings. The van der Waals surface area contributed by atoms with Gasteiger partial charge in [-0.15, -0.1) is 0 Å². The van der Waals surface area contributed by atoms with Gasteiger partial charge >= 0.3 is 0 Å². The van der Waals surface area contributed by atoms with Crippen molar-refractivity contribution in [3.8, 4) is 11.5 Å². The third kappa shape index (κ3) is 3.84. The van der Waals surface area contributed by atoms with Crippen LogP contribution in [0.15, 0.2) is 24.3 Å².